The van der Waals surface area contributed by atoms with Gasteiger partial charge in [0, 0.05) is 24.4 Å². The van der Waals surface area contributed by atoms with Gasteiger partial charge in [-0.1, -0.05) is 31.5 Å². The Morgan fingerprint density at radius 1 is 1.21 bits per heavy atom. The molecule has 28 heavy (non-hydrogen) atoms. The van der Waals surface area contributed by atoms with Gasteiger partial charge in [-0.05, 0) is 24.1 Å². The molecule has 0 radical (unpaired) electrons. The second kappa shape index (κ2) is 9.12. The predicted octanol–water partition coefficient (Wildman–Crippen LogP) is 2.95. The average molecular weight is 381 g/mol. The van der Waals surface area contributed by atoms with E-state index in [1.165, 1.54) is 5.56 Å². The SMILES string of the molecule is CCCCc1nc(-c2cccc(Cn3cccn3)c2)n(CC2COCCO2)n1. The van der Waals surface area contributed by atoms with Crippen LogP contribution >= 0.6 is 0 Å². The number of unbranched alkanes of at least 4 members (excludes halogenated alkanes) is 1. The summed E-state index contributed by atoms with van der Waals surface area (Å²) in [6.45, 7) is 5.47. The maximum Gasteiger partial charge on any atom is 0.158 e. The lowest BCUT2D eigenvalue weighted by molar-refractivity contribution is -0.0945. The normalized spacial score (nSPS) is 17.1. The summed E-state index contributed by atoms with van der Waals surface area (Å²) in [5, 5.41) is 9.08. The molecular formula is C21H27N5O2. The standard InChI is InChI=1S/C21H27N5O2/c1-2-3-8-20-23-21(26(24-20)15-19-16-27-11-12-28-19)18-7-4-6-17(13-18)14-25-10-5-9-22-25/h4-7,9-10,13,19H,2-3,8,11-12,14-16H2,1H3. The van der Waals surface area contributed by atoms with E-state index in [-0.39, 0.29) is 6.10 Å². The molecule has 1 aromatic carbocycles. The number of hydrogen-bond donors (Lipinski definition) is 0. The minimum absolute atomic E-state index is 0.0143. The van der Waals surface area contributed by atoms with Gasteiger partial charge in [-0.15, -0.1) is 0 Å². The number of benzene rings is 1. The molecule has 3 heterocycles. The smallest absolute Gasteiger partial charge is 0.158 e. The third kappa shape index (κ3) is 4.66. The highest BCUT2D eigenvalue weighted by molar-refractivity contribution is 5.56. The molecule has 1 atom stereocenters. The van der Waals surface area contributed by atoms with Crippen molar-refractivity contribution in [2.75, 3.05) is 19.8 Å². The predicted molar refractivity (Wildman–Crippen MR) is 106 cm³/mol. The van der Waals surface area contributed by atoms with Gasteiger partial charge < -0.3 is 9.47 Å². The van der Waals surface area contributed by atoms with Crippen molar-refractivity contribution < 1.29 is 9.47 Å². The summed E-state index contributed by atoms with van der Waals surface area (Å²) in [7, 11) is 0. The Bertz CT molecular complexity index is 869. The fraction of sp³-hybridized carbons (Fsp3) is 0.476. The van der Waals surface area contributed by atoms with Crippen molar-refractivity contribution in [3.63, 3.8) is 0 Å². The van der Waals surface area contributed by atoms with Gasteiger partial charge in [-0.25, -0.2) is 9.67 Å². The van der Waals surface area contributed by atoms with Crippen molar-refractivity contribution in [3.05, 3.63) is 54.1 Å². The monoisotopic (exact) mass is 381 g/mol. The van der Waals surface area contributed by atoms with Crippen LogP contribution in [0.25, 0.3) is 11.4 Å². The Kier molecular flexibility index (Phi) is 6.14. The van der Waals surface area contributed by atoms with Crippen LogP contribution in [0.15, 0.2) is 42.7 Å². The fourth-order valence-electron chi connectivity index (χ4n) is 3.40. The van der Waals surface area contributed by atoms with E-state index in [0.29, 0.717) is 26.4 Å². The molecule has 7 heteroatoms. The van der Waals surface area contributed by atoms with Gasteiger partial charge in [-0.2, -0.15) is 10.2 Å². The summed E-state index contributed by atoms with van der Waals surface area (Å²) in [4.78, 5) is 4.85. The molecule has 1 unspecified atom stereocenters. The number of aryl methyl sites for hydroxylation is 1. The summed E-state index contributed by atoms with van der Waals surface area (Å²) >= 11 is 0. The summed E-state index contributed by atoms with van der Waals surface area (Å²) in [6.07, 6.45) is 6.89. The van der Waals surface area contributed by atoms with Crippen molar-refractivity contribution in [3.8, 4) is 11.4 Å². The van der Waals surface area contributed by atoms with E-state index in [1.54, 1.807) is 6.20 Å². The summed E-state index contributed by atoms with van der Waals surface area (Å²) in [5.41, 5.74) is 2.25. The Balaban J connectivity index is 1.60. The zero-order valence-electron chi connectivity index (χ0n) is 16.3. The van der Waals surface area contributed by atoms with Crippen LogP contribution in [0.3, 0.4) is 0 Å². The van der Waals surface area contributed by atoms with Crippen molar-refractivity contribution in [2.24, 2.45) is 0 Å². The van der Waals surface area contributed by atoms with Gasteiger partial charge in [0.2, 0.25) is 0 Å². The lowest BCUT2D eigenvalue weighted by Crippen LogP contribution is -2.32. The summed E-state index contributed by atoms with van der Waals surface area (Å²) < 4.78 is 15.3. The molecule has 0 bridgehead atoms. The van der Waals surface area contributed by atoms with Crippen LogP contribution in [0.5, 0.6) is 0 Å². The van der Waals surface area contributed by atoms with E-state index in [4.69, 9.17) is 19.6 Å². The van der Waals surface area contributed by atoms with E-state index >= 15 is 0 Å². The first-order valence-electron chi connectivity index (χ1n) is 10.0. The Hall–Kier alpha value is -2.51. The quantitative estimate of drug-likeness (QED) is 0.600. The van der Waals surface area contributed by atoms with Crippen LogP contribution < -0.4 is 0 Å². The van der Waals surface area contributed by atoms with Crippen molar-refractivity contribution in [2.45, 2.75) is 45.4 Å². The van der Waals surface area contributed by atoms with Crippen molar-refractivity contribution in [1.82, 2.24) is 24.5 Å². The molecule has 0 amide bonds. The Morgan fingerprint density at radius 3 is 2.96 bits per heavy atom. The second-order valence-corrected chi connectivity index (χ2v) is 7.11. The molecule has 148 valence electrons. The minimum Gasteiger partial charge on any atom is -0.376 e. The molecule has 0 aliphatic carbocycles. The molecule has 1 aliphatic heterocycles. The molecule has 1 saturated heterocycles. The van der Waals surface area contributed by atoms with E-state index in [9.17, 15) is 0 Å². The number of hydrogen-bond acceptors (Lipinski definition) is 5. The highest BCUT2D eigenvalue weighted by atomic mass is 16.6. The first-order chi connectivity index (χ1) is 13.8. The van der Waals surface area contributed by atoms with Crippen LogP contribution in [0.2, 0.25) is 0 Å². The molecule has 2 aromatic heterocycles. The lowest BCUT2D eigenvalue weighted by Gasteiger charge is -2.23. The van der Waals surface area contributed by atoms with Crippen LogP contribution in [-0.4, -0.2) is 50.5 Å². The van der Waals surface area contributed by atoms with Gasteiger partial charge in [0.1, 0.15) is 6.10 Å². The van der Waals surface area contributed by atoms with Crippen LogP contribution in [0.1, 0.15) is 31.2 Å². The van der Waals surface area contributed by atoms with Gasteiger partial charge >= 0.3 is 0 Å². The third-order valence-corrected chi connectivity index (χ3v) is 4.82. The molecule has 0 saturated carbocycles. The summed E-state index contributed by atoms with van der Waals surface area (Å²) in [6, 6.07) is 10.4. The molecule has 3 aromatic rings. The zero-order valence-corrected chi connectivity index (χ0v) is 16.3. The highest BCUT2D eigenvalue weighted by Crippen LogP contribution is 2.21. The van der Waals surface area contributed by atoms with Crippen LogP contribution in [0, 0.1) is 0 Å². The molecule has 7 nitrogen and oxygen atoms in total. The van der Waals surface area contributed by atoms with E-state index in [1.807, 2.05) is 21.6 Å². The fourth-order valence-corrected chi connectivity index (χ4v) is 3.40. The third-order valence-electron chi connectivity index (χ3n) is 4.82. The number of ether oxygens (including phenoxy) is 2. The lowest BCUT2D eigenvalue weighted by atomic mass is 10.1. The Morgan fingerprint density at radius 2 is 2.18 bits per heavy atom. The average Bonchev–Trinajstić information content (AvgIpc) is 3.37. The number of nitrogens with zero attached hydrogens (tertiary/aromatic N) is 5. The maximum atomic E-state index is 5.83. The topological polar surface area (TPSA) is 67.0 Å². The van der Waals surface area contributed by atoms with Crippen LogP contribution in [-0.2, 0) is 29.0 Å². The maximum absolute atomic E-state index is 5.83. The van der Waals surface area contributed by atoms with Gasteiger partial charge in [-0.3, -0.25) is 4.68 Å². The number of rotatable bonds is 8. The molecule has 0 N–H and O–H groups in total. The molecule has 1 aliphatic rings. The summed E-state index contributed by atoms with van der Waals surface area (Å²) in [5.74, 6) is 1.79. The zero-order chi connectivity index (χ0) is 19.2. The van der Waals surface area contributed by atoms with Gasteiger partial charge in [0.25, 0.3) is 0 Å². The molecule has 0 spiro atoms. The number of aromatic nitrogens is 5. The second-order valence-electron chi connectivity index (χ2n) is 7.11. The van der Waals surface area contributed by atoms with Crippen molar-refractivity contribution >= 4 is 0 Å². The van der Waals surface area contributed by atoms with Crippen LogP contribution in [0.4, 0.5) is 0 Å². The van der Waals surface area contributed by atoms with Gasteiger partial charge in [0.05, 0.1) is 32.9 Å². The first kappa shape index (κ1) is 18.8. The largest absolute Gasteiger partial charge is 0.376 e. The van der Waals surface area contributed by atoms with E-state index < -0.39 is 0 Å². The highest BCUT2D eigenvalue weighted by Gasteiger charge is 2.19. The van der Waals surface area contributed by atoms with E-state index in [2.05, 4.69) is 36.3 Å². The Labute approximate surface area is 165 Å². The molecular weight excluding hydrogens is 354 g/mol. The minimum atomic E-state index is 0.0143. The first-order valence-corrected chi connectivity index (χ1v) is 10.0. The van der Waals surface area contributed by atoms with E-state index in [0.717, 1.165) is 43.0 Å². The van der Waals surface area contributed by atoms with Gasteiger partial charge in [0.15, 0.2) is 11.6 Å². The molecule has 4 rings (SSSR count). The molecule has 1 fully saturated rings. The van der Waals surface area contributed by atoms with Crippen molar-refractivity contribution in [1.29, 1.82) is 0 Å².